The fraction of sp³-hybridized carbons (Fsp3) is 0.167. The second-order valence-electron chi connectivity index (χ2n) is 4.16. The number of nitrogens with zero attached hydrogens (tertiary/aromatic N) is 4. The van der Waals surface area contributed by atoms with Crippen molar-refractivity contribution in [3.05, 3.63) is 45.7 Å². The molecule has 19 heavy (non-hydrogen) atoms. The number of thiophene rings is 1. The van der Waals surface area contributed by atoms with E-state index in [9.17, 15) is 4.79 Å². The number of nitrogens with two attached hydrogens (primary N) is 1. The second kappa shape index (κ2) is 4.43. The van der Waals surface area contributed by atoms with Crippen LogP contribution in [0.4, 0.5) is 5.82 Å². The van der Waals surface area contributed by atoms with Crippen molar-refractivity contribution < 1.29 is 0 Å². The monoisotopic (exact) mass is 273 g/mol. The zero-order chi connectivity index (χ0) is 13.4. The Morgan fingerprint density at radius 2 is 2.26 bits per heavy atom. The van der Waals surface area contributed by atoms with Crippen molar-refractivity contribution in [3.63, 3.8) is 0 Å². The van der Waals surface area contributed by atoms with Gasteiger partial charge in [0, 0.05) is 11.8 Å². The van der Waals surface area contributed by atoms with Gasteiger partial charge in [-0.2, -0.15) is 0 Å². The zero-order valence-corrected chi connectivity index (χ0v) is 11.0. The summed E-state index contributed by atoms with van der Waals surface area (Å²) in [6, 6.07) is 3.51. The summed E-state index contributed by atoms with van der Waals surface area (Å²) in [6.45, 7) is 2.11. The Bertz CT molecular complexity index is 787. The molecule has 0 unspecified atom stereocenters. The lowest BCUT2D eigenvalue weighted by molar-refractivity contribution is 0.705. The van der Waals surface area contributed by atoms with Crippen LogP contribution >= 0.6 is 11.3 Å². The Hall–Kier alpha value is -2.28. The van der Waals surface area contributed by atoms with E-state index in [0.29, 0.717) is 16.3 Å². The van der Waals surface area contributed by atoms with E-state index >= 15 is 0 Å². The SMILES string of the molecule is Cc1cc(N)nc(Cn2cnc3ccsc3c2=O)n1. The van der Waals surface area contributed by atoms with Crippen LogP contribution in [0.3, 0.4) is 0 Å². The van der Waals surface area contributed by atoms with E-state index < -0.39 is 0 Å². The number of anilines is 1. The quantitative estimate of drug-likeness (QED) is 0.757. The van der Waals surface area contributed by atoms with Crippen LogP contribution in [-0.4, -0.2) is 19.5 Å². The van der Waals surface area contributed by atoms with Gasteiger partial charge in [-0.3, -0.25) is 9.36 Å². The summed E-state index contributed by atoms with van der Waals surface area (Å²) >= 11 is 1.38. The summed E-state index contributed by atoms with van der Waals surface area (Å²) in [6.07, 6.45) is 1.51. The van der Waals surface area contributed by atoms with Gasteiger partial charge in [0.15, 0.2) is 5.82 Å². The van der Waals surface area contributed by atoms with E-state index in [-0.39, 0.29) is 12.1 Å². The predicted octanol–water partition coefficient (Wildman–Crippen LogP) is 1.19. The molecule has 0 saturated heterocycles. The van der Waals surface area contributed by atoms with Gasteiger partial charge >= 0.3 is 0 Å². The highest BCUT2D eigenvalue weighted by Crippen LogP contribution is 2.13. The van der Waals surface area contributed by atoms with Gasteiger partial charge in [-0.25, -0.2) is 15.0 Å². The summed E-state index contributed by atoms with van der Waals surface area (Å²) in [4.78, 5) is 24.8. The average molecular weight is 273 g/mol. The highest BCUT2D eigenvalue weighted by atomic mass is 32.1. The Morgan fingerprint density at radius 1 is 1.42 bits per heavy atom. The second-order valence-corrected chi connectivity index (χ2v) is 5.08. The minimum absolute atomic E-state index is 0.0799. The lowest BCUT2D eigenvalue weighted by Crippen LogP contribution is -2.21. The lowest BCUT2D eigenvalue weighted by Gasteiger charge is -2.05. The molecule has 0 fully saturated rings. The van der Waals surface area contributed by atoms with Gasteiger partial charge in [0.2, 0.25) is 0 Å². The summed E-state index contributed by atoms with van der Waals surface area (Å²) in [5, 5.41) is 1.85. The first-order chi connectivity index (χ1) is 9.13. The third kappa shape index (κ3) is 2.19. The topological polar surface area (TPSA) is 86.7 Å². The van der Waals surface area contributed by atoms with Gasteiger partial charge in [0.05, 0.1) is 18.4 Å². The molecule has 0 saturated carbocycles. The van der Waals surface area contributed by atoms with Crippen LogP contribution in [0.5, 0.6) is 0 Å². The Balaban J connectivity index is 2.05. The Labute approximate surface area is 112 Å². The number of hydrogen-bond donors (Lipinski definition) is 1. The van der Waals surface area contributed by atoms with Crippen LogP contribution in [0.1, 0.15) is 11.5 Å². The molecule has 3 aromatic rings. The average Bonchev–Trinajstić information content (AvgIpc) is 2.80. The highest BCUT2D eigenvalue weighted by molar-refractivity contribution is 7.17. The third-order valence-electron chi connectivity index (χ3n) is 2.67. The first-order valence-corrected chi connectivity index (χ1v) is 6.54. The summed E-state index contributed by atoms with van der Waals surface area (Å²) in [5.74, 6) is 0.915. The third-order valence-corrected chi connectivity index (χ3v) is 3.56. The maximum Gasteiger partial charge on any atom is 0.271 e. The molecule has 3 aromatic heterocycles. The van der Waals surface area contributed by atoms with Gasteiger partial charge < -0.3 is 5.73 Å². The minimum Gasteiger partial charge on any atom is -0.384 e. The Kier molecular flexibility index (Phi) is 2.75. The first kappa shape index (κ1) is 11.8. The number of hydrogen-bond acceptors (Lipinski definition) is 6. The molecule has 2 N–H and O–H groups in total. The van der Waals surface area contributed by atoms with Crippen molar-refractivity contribution in [1.29, 1.82) is 0 Å². The number of rotatable bonds is 2. The van der Waals surface area contributed by atoms with E-state index in [1.54, 1.807) is 6.07 Å². The van der Waals surface area contributed by atoms with Crippen LogP contribution < -0.4 is 11.3 Å². The maximum atomic E-state index is 12.2. The summed E-state index contributed by atoms with van der Waals surface area (Å²) < 4.78 is 2.13. The molecule has 96 valence electrons. The van der Waals surface area contributed by atoms with Crippen molar-refractivity contribution in [2.24, 2.45) is 0 Å². The molecule has 6 nitrogen and oxygen atoms in total. The fourth-order valence-corrected chi connectivity index (χ4v) is 2.66. The molecule has 0 radical (unpaired) electrons. The minimum atomic E-state index is -0.0799. The van der Waals surface area contributed by atoms with E-state index in [1.165, 1.54) is 22.2 Å². The van der Waals surface area contributed by atoms with Crippen molar-refractivity contribution in [2.45, 2.75) is 13.5 Å². The predicted molar refractivity (Wildman–Crippen MR) is 74.2 cm³/mol. The van der Waals surface area contributed by atoms with Gasteiger partial charge in [-0.15, -0.1) is 11.3 Å². The summed E-state index contributed by atoms with van der Waals surface area (Å²) in [5.41, 5.74) is 7.09. The molecule has 3 rings (SSSR count). The molecule has 0 aliphatic heterocycles. The van der Waals surface area contributed by atoms with Gasteiger partial charge in [0.25, 0.3) is 5.56 Å². The van der Waals surface area contributed by atoms with Crippen LogP contribution in [0, 0.1) is 6.92 Å². The number of fused-ring (bicyclic) bond motifs is 1. The highest BCUT2D eigenvalue weighted by Gasteiger charge is 2.07. The largest absolute Gasteiger partial charge is 0.384 e. The van der Waals surface area contributed by atoms with Crippen molar-refractivity contribution in [3.8, 4) is 0 Å². The molecular formula is C12H11N5OS. The molecule has 0 spiro atoms. The van der Waals surface area contributed by atoms with Crippen LogP contribution in [0.25, 0.3) is 10.2 Å². The number of aromatic nitrogens is 4. The Morgan fingerprint density at radius 3 is 3.05 bits per heavy atom. The van der Waals surface area contributed by atoms with Crippen molar-refractivity contribution >= 4 is 27.4 Å². The molecule has 0 aliphatic carbocycles. The standard InChI is InChI=1S/C12H11N5OS/c1-7-4-9(13)16-10(15-7)5-17-6-14-8-2-3-19-11(8)12(17)18/h2-4,6H,5H2,1H3,(H2,13,15,16). The smallest absolute Gasteiger partial charge is 0.271 e. The van der Waals surface area contributed by atoms with Crippen LogP contribution in [0.15, 0.2) is 28.6 Å². The van der Waals surface area contributed by atoms with E-state index in [2.05, 4.69) is 15.0 Å². The molecule has 0 aliphatic rings. The maximum absolute atomic E-state index is 12.2. The van der Waals surface area contributed by atoms with E-state index in [4.69, 9.17) is 5.73 Å². The van der Waals surface area contributed by atoms with Gasteiger partial charge in [0.1, 0.15) is 10.5 Å². The fourth-order valence-electron chi connectivity index (χ4n) is 1.87. The first-order valence-electron chi connectivity index (χ1n) is 5.66. The number of nitrogen functional groups attached to an aromatic ring is 1. The molecule has 0 atom stereocenters. The molecular weight excluding hydrogens is 262 g/mol. The lowest BCUT2D eigenvalue weighted by atomic mass is 10.4. The molecule has 0 amide bonds. The normalized spacial score (nSPS) is 11.0. The van der Waals surface area contributed by atoms with E-state index in [0.717, 1.165) is 11.2 Å². The van der Waals surface area contributed by atoms with Crippen molar-refractivity contribution in [2.75, 3.05) is 5.73 Å². The molecule has 7 heteroatoms. The molecule has 0 bridgehead atoms. The zero-order valence-electron chi connectivity index (χ0n) is 10.2. The van der Waals surface area contributed by atoms with Crippen molar-refractivity contribution in [1.82, 2.24) is 19.5 Å². The van der Waals surface area contributed by atoms with Crippen LogP contribution in [-0.2, 0) is 6.54 Å². The van der Waals surface area contributed by atoms with Crippen LogP contribution in [0.2, 0.25) is 0 Å². The van der Waals surface area contributed by atoms with E-state index in [1.807, 2.05) is 18.4 Å². The molecule has 3 heterocycles. The summed E-state index contributed by atoms with van der Waals surface area (Å²) in [7, 11) is 0. The van der Waals surface area contributed by atoms with Gasteiger partial charge in [-0.1, -0.05) is 0 Å². The molecule has 0 aromatic carbocycles. The number of aryl methyl sites for hydroxylation is 1. The van der Waals surface area contributed by atoms with Gasteiger partial charge in [-0.05, 0) is 18.4 Å².